The molecule has 1 aromatic heterocycles. The van der Waals surface area contributed by atoms with Crippen LogP contribution in [0.1, 0.15) is 38.7 Å². The number of carboxylic acids is 1. The molecule has 1 aliphatic rings. The summed E-state index contributed by atoms with van der Waals surface area (Å²) < 4.78 is 0. The number of rotatable bonds is 4. The van der Waals surface area contributed by atoms with E-state index in [1.807, 2.05) is 6.07 Å². The van der Waals surface area contributed by atoms with E-state index < -0.39 is 5.97 Å². The molecule has 0 radical (unpaired) electrons. The fourth-order valence-electron chi connectivity index (χ4n) is 3.31. The van der Waals surface area contributed by atoms with Crippen LogP contribution in [0.2, 0.25) is 5.02 Å². The van der Waals surface area contributed by atoms with Crippen molar-refractivity contribution in [2.75, 3.05) is 0 Å². The van der Waals surface area contributed by atoms with Gasteiger partial charge < -0.3 is 5.11 Å². The predicted molar refractivity (Wildman–Crippen MR) is 79.7 cm³/mol. The zero-order valence-electron chi connectivity index (χ0n) is 12.1. The molecule has 1 saturated carbocycles. The number of pyridine rings is 1. The summed E-state index contributed by atoms with van der Waals surface area (Å²) in [6, 6.07) is 1.90. The Kier molecular flexibility index (Phi) is 5.03. The molecule has 3 atom stereocenters. The third-order valence-electron chi connectivity index (χ3n) is 4.62. The van der Waals surface area contributed by atoms with Gasteiger partial charge in [-0.05, 0) is 55.1 Å². The van der Waals surface area contributed by atoms with Gasteiger partial charge in [0.25, 0.3) is 0 Å². The van der Waals surface area contributed by atoms with E-state index in [0.29, 0.717) is 16.9 Å². The smallest absolute Gasteiger partial charge is 0.306 e. The molecule has 0 saturated heterocycles. The molecule has 1 heterocycles. The lowest BCUT2D eigenvalue weighted by Gasteiger charge is -2.36. The molecule has 0 bridgehead atoms. The van der Waals surface area contributed by atoms with Crippen LogP contribution in [-0.4, -0.2) is 16.1 Å². The third-order valence-corrected chi connectivity index (χ3v) is 4.96. The number of carboxylic acid groups (broad SMARTS) is 1. The minimum absolute atomic E-state index is 0.175. The highest BCUT2D eigenvalue weighted by molar-refractivity contribution is 6.31. The zero-order chi connectivity index (χ0) is 14.7. The third kappa shape index (κ3) is 3.51. The molecule has 4 heteroatoms. The molecule has 3 unspecified atom stereocenters. The van der Waals surface area contributed by atoms with Gasteiger partial charge in [-0.1, -0.05) is 25.4 Å². The fourth-order valence-corrected chi connectivity index (χ4v) is 3.51. The number of aromatic nitrogens is 1. The largest absolute Gasteiger partial charge is 0.481 e. The molecular formula is C16H22ClNO2. The summed E-state index contributed by atoms with van der Waals surface area (Å²) >= 11 is 6.16. The first-order valence-corrected chi connectivity index (χ1v) is 7.68. The molecule has 1 aromatic rings. The van der Waals surface area contributed by atoms with E-state index in [1.54, 1.807) is 12.4 Å². The molecule has 110 valence electrons. The second-order valence-electron chi connectivity index (χ2n) is 6.19. The number of hydrogen-bond donors (Lipinski definition) is 1. The minimum Gasteiger partial charge on any atom is -0.481 e. The summed E-state index contributed by atoms with van der Waals surface area (Å²) in [6.45, 7) is 4.45. The van der Waals surface area contributed by atoms with Gasteiger partial charge in [0.15, 0.2) is 0 Å². The maximum absolute atomic E-state index is 11.5. The average Bonchev–Trinajstić information content (AvgIpc) is 2.41. The summed E-state index contributed by atoms with van der Waals surface area (Å²) in [5, 5.41) is 10.1. The topological polar surface area (TPSA) is 50.2 Å². The van der Waals surface area contributed by atoms with E-state index in [2.05, 4.69) is 18.8 Å². The highest BCUT2D eigenvalue weighted by Gasteiger charge is 2.36. The number of halogens is 1. The van der Waals surface area contributed by atoms with Gasteiger partial charge in [-0.15, -0.1) is 0 Å². The van der Waals surface area contributed by atoms with Crippen LogP contribution in [0.25, 0.3) is 0 Å². The van der Waals surface area contributed by atoms with Crippen molar-refractivity contribution < 1.29 is 9.90 Å². The highest BCUT2D eigenvalue weighted by atomic mass is 35.5. The van der Waals surface area contributed by atoms with Crippen molar-refractivity contribution in [3.05, 3.63) is 29.0 Å². The second kappa shape index (κ2) is 6.57. The van der Waals surface area contributed by atoms with Crippen molar-refractivity contribution in [2.24, 2.45) is 23.7 Å². The first-order valence-electron chi connectivity index (χ1n) is 7.30. The van der Waals surface area contributed by atoms with Gasteiger partial charge in [-0.2, -0.15) is 0 Å². The van der Waals surface area contributed by atoms with E-state index in [-0.39, 0.29) is 11.8 Å². The first kappa shape index (κ1) is 15.3. The van der Waals surface area contributed by atoms with Gasteiger partial charge in [-0.25, -0.2) is 0 Å². The zero-order valence-corrected chi connectivity index (χ0v) is 12.8. The predicted octanol–water partition coefficient (Wildman–Crippen LogP) is 4.05. The van der Waals surface area contributed by atoms with Crippen LogP contribution in [0, 0.1) is 23.7 Å². The first-order chi connectivity index (χ1) is 9.49. The molecule has 2 rings (SSSR count). The molecule has 20 heavy (non-hydrogen) atoms. The summed E-state index contributed by atoms with van der Waals surface area (Å²) in [6.07, 6.45) is 6.88. The van der Waals surface area contributed by atoms with Gasteiger partial charge in [-0.3, -0.25) is 9.78 Å². The lowest BCUT2D eigenvalue weighted by atomic mass is 9.69. The maximum atomic E-state index is 11.5. The van der Waals surface area contributed by atoms with Crippen molar-refractivity contribution in [3.8, 4) is 0 Å². The summed E-state index contributed by atoms with van der Waals surface area (Å²) in [5.41, 5.74) is 1.02. The van der Waals surface area contributed by atoms with Crippen LogP contribution < -0.4 is 0 Å². The molecule has 0 aliphatic heterocycles. The van der Waals surface area contributed by atoms with Crippen LogP contribution in [-0.2, 0) is 11.2 Å². The van der Waals surface area contributed by atoms with E-state index in [1.165, 1.54) is 0 Å². The number of nitrogens with zero attached hydrogens (tertiary/aromatic N) is 1. The summed E-state index contributed by atoms with van der Waals surface area (Å²) in [5.74, 6) is 0.501. The van der Waals surface area contributed by atoms with Gasteiger partial charge >= 0.3 is 5.97 Å². The van der Waals surface area contributed by atoms with E-state index >= 15 is 0 Å². The quantitative estimate of drug-likeness (QED) is 0.911. The maximum Gasteiger partial charge on any atom is 0.306 e. The van der Waals surface area contributed by atoms with Crippen LogP contribution in [0.3, 0.4) is 0 Å². The fraction of sp³-hybridized carbons (Fsp3) is 0.625. The minimum atomic E-state index is -0.664. The second-order valence-corrected chi connectivity index (χ2v) is 6.60. The molecule has 0 amide bonds. The molecule has 0 aromatic carbocycles. The molecule has 3 nitrogen and oxygen atoms in total. The number of hydrogen-bond acceptors (Lipinski definition) is 2. The highest BCUT2D eigenvalue weighted by Crippen LogP contribution is 2.39. The SMILES string of the molecule is CC(C)C1CCC(C(=O)O)C(Cc2ccncc2Cl)C1. The van der Waals surface area contributed by atoms with Gasteiger partial charge in [0, 0.05) is 12.4 Å². The number of carbonyl (C=O) groups is 1. The summed E-state index contributed by atoms with van der Waals surface area (Å²) in [7, 11) is 0. The average molecular weight is 296 g/mol. The molecule has 0 spiro atoms. The van der Waals surface area contributed by atoms with Crippen molar-refractivity contribution in [1.29, 1.82) is 0 Å². The monoisotopic (exact) mass is 295 g/mol. The molecule has 1 N–H and O–H groups in total. The van der Waals surface area contributed by atoms with Crippen LogP contribution >= 0.6 is 11.6 Å². The number of aliphatic carboxylic acids is 1. The van der Waals surface area contributed by atoms with Crippen molar-refractivity contribution >= 4 is 17.6 Å². The van der Waals surface area contributed by atoms with Gasteiger partial charge in [0.2, 0.25) is 0 Å². The van der Waals surface area contributed by atoms with Gasteiger partial charge in [0.05, 0.1) is 10.9 Å². The summed E-state index contributed by atoms with van der Waals surface area (Å²) in [4.78, 5) is 15.5. The van der Waals surface area contributed by atoms with Crippen LogP contribution in [0.15, 0.2) is 18.5 Å². The van der Waals surface area contributed by atoms with Crippen molar-refractivity contribution in [2.45, 2.75) is 39.5 Å². The Morgan fingerprint density at radius 3 is 2.85 bits per heavy atom. The molecule has 1 fully saturated rings. The van der Waals surface area contributed by atoms with E-state index in [4.69, 9.17) is 11.6 Å². The van der Waals surface area contributed by atoms with Crippen LogP contribution in [0.4, 0.5) is 0 Å². The Labute approximate surface area is 125 Å². The van der Waals surface area contributed by atoms with E-state index in [9.17, 15) is 9.90 Å². The Morgan fingerprint density at radius 2 is 2.25 bits per heavy atom. The lowest BCUT2D eigenvalue weighted by molar-refractivity contribution is -0.145. The Morgan fingerprint density at radius 1 is 1.50 bits per heavy atom. The van der Waals surface area contributed by atoms with Crippen LogP contribution in [0.5, 0.6) is 0 Å². The lowest BCUT2D eigenvalue weighted by Crippen LogP contribution is -2.33. The Bertz CT molecular complexity index is 475. The normalized spacial score (nSPS) is 26.7. The van der Waals surface area contributed by atoms with Crippen molar-refractivity contribution in [1.82, 2.24) is 4.98 Å². The standard InChI is InChI=1S/C16H22ClNO2/c1-10(2)11-3-4-14(16(19)20)13(7-11)8-12-5-6-18-9-15(12)17/h5-6,9-11,13-14H,3-4,7-8H2,1-2H3,(H,19,20). The molecule has 1 aliphatic carbocycles. The Balaban J connectivity index is 2.15. The van der Waals surface area contributed by atoms with Gasteiger partial charge in [0.1, 0.15) is 0 Å². The van der Waals surface area contributed by atoms with Crippen molar-refractivity contribution in [3.63, 3.8) is 0 Å². The Hall–Kier alpha value is -1.09. The van der Waals surface area contributed by atoms with E-state index in [0.717, 1.165) is 31.2 Å². The molecular weight excluding hydrogens is 274 g/mol.